The van der Waals surface area contributed by atoms with Crippen LogP contribution in [-0.2, 0) is 4.74 Å². The van der Waals surface area contributed by atoms with Crippen LogP contribution in [0.2, 0.25) is 0 Å². The molecule has 0 unspecified atom stereocenters. The number of alkyl halides is 2. The van der Waals surface area contributed by atoms with Crippen molar-refractivity contribution in [2.45, 2.75) is 10.7 Å². The van der Waals surface area contributed by atoms with Gasteiger partial charge >= 0.3 is 6.09 Å². The van der Waals surface area contributed by atoms with Gasteiger partial charge in [-0.1, -0.05) is 23.9 Å². The lowest BCUT2D eigenvalue weighted by Crippen LogP contribution is -2.23. The first-order valence-electron chi connectivity index (χ1n) is 7.43. The lowest BCUT2D eigenvalue weighted by atomic mass is 10.1. The third kappa shape index (κ3) is 4.27. The molecule has 3 rings (SSSR count). The van der Waals surface area contributed by atoms with Gasteiger partial charge in [-0.05, 0) is 36.4 Å². The van der Waals surface area contributed by atoms with Crippen molar-refractivity contribution in [2.24, 2.45) is 0 Å². The average molecular weight is 364 g/mol. The Morgan fingerprint density at radius 3 is 2.72 bits per heavy atom. The van der Waals surface area contributed by atoms with Crippen LogP contribution in [0.15, 0.2) is 53.4 Å². The highest BCUT2D eigenvalue weighted by molar-refractivity contribution is 7.99. The fraction of sp³-hybridized carbons (Fsp3) is 0.176. The smallest absolute Gasteiger partial charge is 0.414 e. The Bertz CT molecular complexity index is 801. The summed E-state index contributed by atoms with van der Waals surface area (Å²) in [6.45, 7) is 0.737. The lowest BCUT2D eigenvalue weighted by molar-refractivity contribution is 0.102. The number of cyclic esters (lactones) is 1. The number of anilines is 2. The molecule has 0 spiro atoms. The van der Waals surface area contributed by atoms with Gasteiger partial charge in [-0.25, -0.2) is 4.79 Å². The van der Waals surface area contributed by atoms with E-state index in [2.05, 4.69) is 5.32 Å². The van der Waals surface area contributed by atoms with Crippen molar-refractivity contribution < 1.29 is 23.1 Å². The fourth-order valence-electron chi connectivity index (χ4n) is 2.40. The van der Waals surface area contributed by atoms with E-state index in [0.717, 1.165) is 0 Å². The minimum Gasteiger partial charge on any atom is -0.447 e. The van der Waals surface area contributed by atoms with E-state index in [1.807, 2.05) is 0 Å². The SMILES string of the molecule is O=C(Nc1cccc(SC(F)F)c1)c1cccc(N2CCOC2=O)c1. The zero-order valence-corrected chi connectivity index (χ0v) is 13.8. The lowest BCUT2D eigenvalue weighted by Gasteiger charge is -2.14. The second-order valence-corrected chi connectivity index (χ2v) is 6.24. The topological polar surface area (TPSA) is 58.6 Å². The van der Waals surface area contributed by atoms with Crippen molar-refractivity contribution in [1.29, 1.82) is 0 Å². The van der Waals surface area contributed by atoms with Gasteiger partial charge in [-0.3, -0.25) is 9.69 Å². The first-order valence-corrected chi connectivity index (χ1v) is 8.31. The quantitative estimate of drug-likeness (QED) is 0.808. The molecule has 0 bridgehead atoms. The number of nitrogens with zero attached hydrogens (tertiary/aromatic N) is 1. The summed E-state index contributed by atoms with van der Waals surface area (Å²) in [5, 5.41) is 2.67. The van der Waals surface area contributed by atoms with Crippen molar-refractivity contribution >= 4 is 35.1 Å². The van der Waals surface area contributed by atoms with E-state index in [1.54, 1.807) is 42.5 Å². The van der Waals surface area contributed by atoms with E-state index in [-0.39, 0.29) is 0 Å². The summed E-state index contributed by atoms with van der Waals surface area (Å²) in [4.78, 5) is 25.8. The molecule has 1 fully saturated rings. The van der Waals surface area contributed by atoms with Gasteiger partial charge in [0, 0.05) is 21.8 Å². The number of hydrogen-bond donors (Lipinski definition) is 1. The fourth-order valence-corrected chi connectivity index (χ4v) is 2.95. The summed E-state index contributed by atoms with van der Waals surface area (Å²) in [6, 6.07) is 12.8. The van der Waals surface area contributed by atoms with Crippen molar-refractivity contribution in [3.63, 3.8) is 0 Å². The Labute approximate surface area is 147 Å². The van der Waals surface area contributed by atoms with Crippen LogP contribution in [0.25, 0.3) is 0 Å². The number of halogens is 2. The number of benzene rings is 2. The zero-order valence-electron chi connectivity index (χ0n) is 12.9. The molecule has 130 valence electrons. The van der Waals surface area contributed by atoms with Crippen LogP contribution in [0.4, 0.5) is 25.0 Å². The summed E-state index contributed by atoms with van der Waals surface area (Å²) in [7, 11) is 0. The molecule has 0 radical (unpaired) electrons. The van der Waals surface area contributed by atoms with Gasteiger partial charge in [0.15, 0.2) is 0 Å². The molecule has 0 aliphatic carbocycles. The Morgan fingerprint density at radius 1 is 1.20 bits per heavy atom. The number of nitrogens with one attached hydrogen (secondary N) is 1. The third-order valence-electron chi connectivity index (χ3n) is 3.50. The van der Waals surface area contributed by atoms with E-state index >= 15 is 0 Å². The highest BCUT2D eigenvalue weighted by atomic mass is 32.2. The number of rotatable bonds is 5. The molecule has 0 atom stereocenters. The molecular formula is C17H14F2N2O3S. The van der Waals surface area contributed by atoms with E-state index in [1.165, 1.54) is 11.0 Å². The maximum atomic E-state index is 12.4. The largest absolute Gasteiger partial charge is 0.447 e. The first kappa shape index (κ1) is 17.2. The summed E-state index contributed by atoms with van der Waals surface area (Å²) in [5.74, 6) is -2.92. The third-order valence-corrected chi connectivity index (χ3v) is 4.20. The van der Waals surface area contributed by atoms with E-state index < -0.39 is 17.8 Å². The predicted molar refractivity (Wildman–Crippen MR) is 91.4 cm³/mol. The molecule has 1 saturated heterocycles. The molecule has 5 nitrogen and oxygen atoms in total. The van der Waals surface area contributed by atoms with E-state index in [0.29, 0.717) is 46.7 Å². The van der Waals surface area contributed by atoms with Gasteiger partial charge in [-0.2, -0.15) is 8.78 Å². The molecule has 1 heterocycles. The molecule has 1 aliphatic heterocycles. The molecule has 2 aromatic carbocycles. The average Bonchev–Trinajstić information content (AvgIpc) is 3.01. The maximum Gasteiger partial charge on any atom is 0.414 e. The van der Waals surface area contributed by atoms with Gasteiger partial charge in [0.25, 0.3) is 11.7 Å². The van der Waals surface area contributed by atoms with Gasteiger partial charge in [0.1, 0.15) is 6.61 Å². The highest BCUT2D eigenvalue weighted by Gasteiger charge is 2.24. The molecule has 25 heavy (non-hydrogen) atoms. The number of hydrogen-bond acceptors (Lipinski definition) is 4. The molecule has 8 heteroatoms. The Balaban J connectivity index is 1.74. The van der Waals surface area contributed by atoms with Crippen LogP contribution in [0, 0.1) is 0 Å². The van der Waals surface area contributed by atoms with Crippen LogP contribution in [-0.4, -0.2) is 30.9 Å². The predicted octanol–water partition coefficient (Wildman–Crippen LogP) is 4.21. The van der Waals surface area contributed by atoms with Crippen molar-refractivity contribution in [3.8, 4) is 0 Å². The van der Waals surface area contributed by atoms with Crippen LogP contribution in [0.1, 0.15) is 10.4 Å². The van der Waals surface area contributed by atoms with Crippen LogP contribution >= 0.6 is 11.8 Å². The maximum absolute atomic E-state index is 12.4. The Kier molecular flexibility index (Phi) is 5.18. The highest BCUT2D eigenvalue weighted by Crippen LogP contribution is 2.27. The minimum atomic E-state index is -2.53. The molecule has 2 aromatic rings. The van der Waals surface area contributed by atoms with Crippen molar-refractivity contribution in [2.75, 3.05) is 23.4 Å². The van der Waals surface area contributed by atoms with Crippen molar-refractivity contribution in [3.05, 3.63) is 54.1 Å². The molecule has 2 amide bonds. The van der Waals surface area contributed by atoms with Gasteiger partial charge in [-0.15, -0.1) is 0 Å². The second kappa shape index (κ2) is 7.52. The van der Waals surface area contributed by atoms with Gasteiger partial charge in [0.2, 0.25) is 0 Å². The summed E-state index contributed by atoms with van der Waals surface area (Å²) in [6.07, 6.45) is -0.450. The number of carbonyl (C=O) groups is 2. The summed E-state index contributed by atoms with van der Waals surface area (Å²) >= 11 is 0.412. The van der Waals surface area contributed by atoms with Crippen LogP contribution < -0.4 is 10.2 Å². The summed E-state index contributed by atoms with van der Waals surface area (Å²) < 4.78 is 29.8. The molecular weight excluding hydrogens is 350 g/mol. The summed E-state index contributed by atoms with van der Waals surface area (Å²) in [5.41, 5.74) is 1.34. The molecule has 0 aromatic heterocycles. The monoisotopic (exact) mass is 364 g/mol. The van der Waals surface area contributed by atoms with Gasteiger partial charge in [0.05, 0.1) is 6.54 Å². The number of ether oxygens (including phenoxy) is 1. The normalized spacial score (nSPS) is 13.9. The van der Waals surface area contributed by atoms with Crippen LogP contribution in [0.3, 0.4) is 0 Å². The Hall–Kier alpha value is -2.61. The molecule has 1 N–H and O–H groups in total. The van der Waals surface area contributed by atoms with Crippen molar-refractivity contribution in [1.82, 2.24) is 0 Å². The number of amides is 2. The van der Waals surface area contributed by atoms with Gasteiger partial charge < -0.3 is 10.1 Å². The molecule has 1 aliphatic rings. The van der Waals surface area contributed by atoms with E-state index in [4.69, 9.17) is 4.74 Å². The standard InChI is InChI=1S/C17H14F2N2O3S/c18-16(19)25-14-6-2-4-12(10-14)20-15(22)11-3-1-5-13(9-11)21-7-8-24-17(21)23/h1-6,9-10,16H,7-8H2,(H,20,22). The zero-order chi connectivity index (χ0) is 17.8. The second-order valence-electron chi connectivity index (χ2n) is 5.18. The first-order chi connectivity index (χ1) is 12.0. The molecule has 0 saturated carbocycles. The van der Waals surface area contributed by atoms with Crippen LogP contribution in [0.5, 0.6) is 0 Å². The minimum absolute atomic E-state index is 0.309. The number of thioether (sulfide) groups is 1. The van der Waals surface area contributed by atoms with E-state index in [9.17, 15) is 18.4 Å². The Morgan fingerprint density at radius 2 is 2.00 bits per heavy atom. The number of carbonyl (C=O) groups excluding carboxylic acids is 2.